The molecule has 1 aliphatic carbocycles. The molecule has 2 fully saturated rings. The Balaban J connectivity index is 1.40. The summed E-state index contributed by atoms with van der Waals surface area (Å²) in [6.45, 7) is 0.658. The number of carbonyl (C=O) groups is 1. The van der Waals surface area contributed by atoms with Crippen molar-refractivity contribution >= 4 is 5.91 Å². The van der Waals surface area contributed by atoms with E-state index in [1.54, 1.807) is 0 Å². The van der Waals surface area contributed by atoms with Crippen LogP contribution < -0.4 is 0 Å². The Labute approximate surface area is 162 Å². The van der Waals surface area contributed by atoms with E-state index in [0.29, 0.717) is 25.3 Å². The summed E-state index contributed by atoms with van der Waals surface area (Å²) in [6.07, 6.45) is 6.22. The first-order chi connectivity index (χ1) is 13.2. The summed E-state index contributed by atoms with van der Waals surface area (Å²) < 4.78 is 0. The fourth-order valence-electron chi connectivity index (χ4n) is 5.06. The minimum atomic E-state index is -0.502. The van der Waals surface area contributed by atoms with Crippen molar-refractivity contribution < 1.29 is 9.90 Å². The number of hydrogen-bond acceptors (Lipinski definition) is 2. The van der Waals surface area contributed by atoms with Gasteiger partial charge in [0.15, 0.2) is 0 Å². The second-order valence-corrected chi connectivity index (χ2v) is 8.17. The zero-order chi connectivity index (χ0) is 18.7. The highest BCUT2D eigenvalue weighted by molar-refractivity contribution is 5.79. The van der Waals surface area contributed by atoms with Crippen LogP contribution in [-0.4, -0.2) is 28.0 Å². The van der Waals surface area contributed by atoms with E-state index in [1.165, 1.54) is 5.56 Å². The Morgan fingerprint density at radius 1 is 0.963 bits per heavy atom. The maximum absolute atomic E-state index is 12.6. The van der Waals surface area contributed by atoms with Gasteiger partial charge >= 0.3 is 0 Å². The first-order valence-corrected chi connectivity index (χ1v) is 10.3. The third kappa shape index (κ3) is 3.79. The lowest BCUT2D eigenvalue weighted by atomic mass is 9.73. The number of benzene rings is 2. The molecule has 1 N–H and O–H groups in total. The predicted octanol–water partition coefficient (Wildman–Crippen LogP) is 4.83. The van der Waals surface area contributed by atoms with Crippen LogP contribution in [0.3, 0.4) is 0 Å². The molecule has 1 heterocycles. The SMILES string of the molecule is O=C1CCC2(CCC(c3ccccc3)CC2)N1CC[C@@H](O)c1ccccc1. The molecule has 1 spiro atoms. The number of aliphatic hydroxyl groups is 1. The Bertz CT molecular complexity index is 750. The molecule has 3 nitrogen and oxygen atoms in total. The monoisotopic (exact) mass is 363 g/mol. The number of hydrogen-bond donors (Lipinski definition) is 1. The zero-order valence-electron chi connectivity index (χ0n) is 15.9. The van der Waals surface area contributed by atoms with Gasteiger partial charge in [-0.3, -0.25) is 4.79 Å². The van der Waals surface area contributed by atoms with Gasteiger partial charge in [-0.2, -0.15) is 0 Å². The lowest BCUT2D eigenvalue weighted by Crippen LogP contribution is -2.48. The molecule has 27 heavy (non-hydrogen) atoms. The molecule has 0 radical (unpaired) electrons. The molecule has 142 valence electrons. The van der Waals surface area contributed by atoms with Crippen LogP contribution in [0.5, 0.6) is 0 Å². The van der Waals surface area contributed by atoms with Gasteiger partial charge in [0, 0.05) is 18.5 Å². The highest BCUT2D eigenvalue weighted by atomic mass is 16.3. The number of amides is 1. The summed E-state index contributed by atoms with van der Waals surface area (Å²) in [7, 11) is 0. The van der Waals surface area contributed by atoms with Crippen LogP contribution in [0, 0.1) is 0 Å². The summed E-state index contributed by atoms with van der Waals surface area (Å²) in [5.41, 5.74) is 2.40. The quantitative estimate of drug-likeness (QED) is 0.827. The molecule has 1 aliphatic heterocycles. The zero-order valence-corrected chi connectivity index (χ0v) is 15.9. The fourth-order valence-corrected chi connectivity index (χ4v) is 5.06. The average Bonchev–Trinajstić information content (AvgIpc) is 3.03. The summed E-state index contributed by atoms with van der Waals surface area (Å²) in [5.74, 6) is 0.887. The van der Waals surface area contributed by atoms with Crippen molar-refractivity contribution in [1.82, 2.24) is 4.90 Å². The van der Waals surface area contributed by atoms with E-state index in [9.17, 15) is 9.90 Å². The fraction of sp³-hybridized carbons (Fsp3) is 0.458. The molecule has 0 aromatic heterocycles. The number of rotatable bonds is 5. The van der Waals surface area contributed by atoms with Crippen molar-refractivity contribution in [3.63, 3.8) is 0 Å². The smallest absolute Gasteiger partial charge is 0.223 e. The van der Waals surface area contributed by atoms with Crippen LogP contribution in [0.4, 0.5) is 0 Å². The Morgan fingerprint density at radius 2 is 1.59 bits per heavy atom. The van der Waals surface area contributed by atoms with Gasteiger partial charge in [0.25, 0.3) is 0 Å². The highest BCUT2D eigenvalue weighted by Crippen LogP contribution is 2.46. The minimum absolute atomic E-state index is 0.0266. The van der Waals surface area contributed by atoms with Crippen molar-refractivity contribution in [3.05, 3.63) is 71.8 Å². The molecule has 0 unspecified atom stereocenters. The summed E-state index contributed by atoms with van der Waals surface area (Å²) in [4.78, 5) is 14.7. The van der Waals surface area contributed by atoms with Gasteiger partial charge in [-0.1, -0.05) is 60.7 Å². The maximum Gasteiger partial charge on any atom is 0.223 e. The third-order valence-electron chi connectivity index (χ3n) is 6.68. The van der Waals surface area contributed by atoms with Crippen LogP contribution in [-0.2, 0) is 4.79 Å². The Kier molecular flexibility index (Phi) is 5.31. The topological polar surface area (TPSA) is 40.5 Å². The predicted molar refractivity (Wildman–Crippen MR) is 107 cm³/mol. The highest BCUT2D eigenvalue weighted by Gasteiger charge is 2.46. The molecule has 0 bridgehead atoms. The van der Waals surface area contributed by atoms with Gasteiger partial charge in [0.1, 0.15) is 0 Å². The third-order valence-corrected chi connectivity index (χ3v) is 6.68. The lowest BCUT2D eigenvalue weighted by Gasteiger charge is -2.44. The van der Waals surface area contributed by atoms with E-state index >= 15 is 0 Å². The van der Waals surface area contributed by atoms with Crippen LogP contribution in [0.25, 0.3) is 0 Å². The Morgan fingerprint density at radius 3 is 2.26 bits per heavy atom. The van der Waals surface area contributed by atoms with Crippen molar-refractivity contribution in [2.75, 3.05) is 6.54 Å². The largest absolute Gasteiger partial charge is 0.388 e. The van der Waals surface area contributed by atoms with Gasteiger partial charge in [0.2, 0.25) is 5.91 Å². The van der Waals surface area contributed by atoms with E-state index in [1.807, 2.05) is 30.3 Å². The van der Waals surface area contributed by atoms with Crippen LogP contribution in [0.1, 0.15) is 68.1 Å². The summed E-state index contributed by atoms with van der Waals surface area (Å²) in [6, 6.07) is 20.6. The molecule has 2 aromatic carbocycles. The normalized spacial score (nSPS) is 26.5. The lowest BCUT2D eigenvalue weighted by molar-refractivity contribution is -0.132. The second kappa shape index (κ2) is 7.85. The number of carbonyl (C=O) groups excluding carboxylic acids is 1. The molecule has 1 amide bonds. The van der Waals surface area contributed by atoms with E-state index in [2.05, 4.69) is 35.2 Å². The van der Waals surface area contributed by atoms with Gasteiger partial charge < -0.3 is 10.0 Å². The van der Waals surface area contributed by atoms with Crippen LogP contribution in [0.15, 0.2) is 60.7 Å². The molecule has 2 aromatic rings. The van der Waals surface area contributed by atoms with Crippen LogP contribution >= 0.6 is 0 Å². The first-order valence-electron chi connectivity index (χ1n) is 10.3. The van der Waals surface area contributed by atoms with E-state index < -0.39 is 6.10 Å². The van der Waals surface area contributed by atoms with Crippen molar-refractivity contribution in [2.45, 2.75) is 62.5 Å². The van der Waals surface area contributed by atoms with E-state index in [-0.39, 0.29) is 11.4 Å². The van der Waals surface area contributed by atoms with E-state index in [0.717, 1.165) is 37.7 Å². The second-order valence-electron chi connectivity index (χ2n) is 8.17. The molecule has 1 atom stereocenters. The van der Waals surface area contributed by atoms with E-state index in [4.69, 9.17) is 0 Å². The summed E-state index contributed by atoms with van der Waals surface area (Å²) >= 11 is 0. The summed E-state index contributed by atoms with van der Waals surface area (Å²) in [5, 5.41) is 10.5. The standard InChI is InChI=1S/C24H29NO2/c26-22(21-9-5-2-6-10-21)14-18-25-23(27)13-17-24(25)15-11-20(12-16-24)19-7-3-1-4-8-19/h1-10,20,22,26H,11-18H2/t20?,22-,24?/m1/s1. The molecular weight excluding hydrogens is 334 g/mol. The van der Waals surface area contributed by atoms with Crippen molar-refractivity contribution in [3.8, 4) is 0 Å². The maximum atomic E-state index is 12.6. The van der Waals surface area contributed by atoms with Crippen molar-refractivity contribution in [2.24, 2.45) is 0 Å². The molecular formula is C24H29NO2. The van der Waals surface area contributed by atoms with Crippen LogP contribution in [0.2, 0.25) is 0 Å². The Hall–Kier alpha value is -2.13. The molecule has 3 heteroatoms. The van der Waals surface area contributed by atoms with Gasteiger partial charge in [-0.25, -0.2) is 0 Å². The molecule has 2 aliphatic rings. The molecule has 4 rings (SSSR count). The number of nitrogens with zero attached hydrogens (tertiary/aromatic N) is 1. The minimum Gasteiger partial charge on any atom is -0.388 e. The average molecular weight is 364 g/mol. The number of likely N-dealkylation sites (tertiary alicyclic amines) is 1. The first kappa shape index (κ1) is 18.2. The van der Waals surface area contributed by atoms with Gasteiger partial charge in [0.05, 0.1) is 6.10 Å². The molecule has 1 saturated carbocycles. The number of aliphatic hydroxyl groups excluding tert-OH is 1. The van der Waals surface area contributed by atoms with Crippen molar-refractivity contribution in [1.29, 1.82) is 0 Å². The van der Waals surface area contributed by atoms with Gasteiger partial charge in [-0.15, -0.1) is 0 Å². The van der Waals surface area contributed by atoms with Gasteiger partial charge in [-0.05, 0) is 55.6 Å². The molecule has 1 saturated heterocycles.